The Balaban J connectivity index is 0.000000288. The van der Waals surface area contributed by atoms with E-state index in [-0.39, 0.29) is 0 Å². The lowest BCUT2D eigenvalue weighted by Crippen LogP contribution is -1.92. The Labute approximate surface area is 95.7 Å². The summed E-state index contributed by atoms with van der Waals surface area (Å²) in [7, 11) is 0. The van der Waals surface area contributed by atoms with Crippen LogP contribution in [0.2, 0.25) is 0 Å². The average molecular weight is 226 g/mol. The summed E-state index contributed by atoms with van der Waals surface area (Å²) in [5.41, 5.74) is 3.02. The van der Waals surface area contributed by atoms with E-state index in [1.807, 2.05) is 27.0 Å². The van der Waals surface area contributed by atoms with Gasteiger partial charge < -0.3 is 4.79 Å². The highest BCUT2D eigenvalue weighted by molar-refractivity contribution is 7.98. The van der Waals surface area contributed by atoms with Gasteiger partial charge in [-0.3, -0.25) is 9.97 Å². The van der Waals surface area contributed by atoms with Gasteiger partial charge >= 0.3 is 0 Å². The molecule has 0 aliphatic carbocycles. The SMILES string of the molecule is CSCCC=O.Cc1cnc(C)c(C)n1. The summed E-state index contributed by atoms with van der Waals surface area (Å²) in [4.78, 5) is 17.9. The molecule has 1 aromatic rings. The monoisotopic (exact) mass is 226 g/mol. The summed E-state index contributed by atoms with van der Waals surface area (Å²) < 4.78 is 0. The average Bonchev–Trinajstić information content (AvgIpc) is 2.22. The van der Waals surface area contributed by atoms with E-state index < -0.39 is 0 Å². The quantitative estimate of drug-likeness (QED) is 0.586. The van der Waals surface area contributed by atoms with Crippen molar-refractivity contribution in [3.63, 3.8) is 0 Å². The molecular formula is C11H18N2OS. The second-order valence-corrected chi connectivity index (χ2v) is 4.12. The summed E-state index contributed by atoms with van der Waals surface area (Å²) in [6.07, 6.45) is 5.41. The molecule has 1 rings (SSSR count). The lowest BCUT2D eigenvalue weighted by molar-refractivity contribution is -0.107. The summed E-state index contributed by atoms with van der Waals surface area (Å²) in [5, 5.41) is 0. The third kappa shape index (κ3) is 7.08. The molecule has 4 heteroatoms. The maximum absolute atomic E-state index is 9.55. The van der Waals surface area contributed by atoms with Gasteiger partial charge in [0.05, 0.1) is 17.1 Å². The molecule has 1 heterocycles. The number of hydrogen-bond donors (Lipinski definition) is 0. The van der Waals surface area contributed by atoms with Gasteiger partial charge in [-0.1, -0.05) is 0 Å². The molecule has 0 N–H and O–H groups in total. The minimum atomic E-state index is 0.696. The van der Waals surface area contributed by atoms with Gasteiger partial charge in [0, 0.05) is 12.6 Å². The Morgan fingerprint density at radius 1 is 1.33 bits per heavy atom. The fourth-order valence-corrected chi connectivity index (χ4v) is 1.16. The first-order valence-corrected chi connectivity index (χ1v) is 6.20. The van der Waals surface area contributed by atoms with Gasteiger partial charge in [0.2, 0.25) is 0 Å². The van der Waals surface area contributed by atoms with Crippen LogP contribution in [0.4, 0.5) is 0 Å². The minimum absolute atomic E-state index is 0.696. The van der Waals surface area contributed by atoms with Crippen molar-refractivity contribution in [2.75, 3.05) is 12.0 Å². The summed E-state index contributed by atoms with van der Waals surface area (Å²) in [6.45, 7) is 5.87. The lowest BCUT2D eigenvalue weighted by atomic mass is 10.3. The summed E-state index contributed by atoms with van der Waals surface area (Å²) in [6, 6.07) is 0. The molecule has 0 aliphatic heterocycles. The van der Waals surface area contributed by atoms with Gasteiger partial charge in [-0.25, -0.2) is 0 Å². The van der Waals surface area contributed by atoms with Crippen molar-refractivity contribution >= 4 is 18.0 Å². The Hall–Kier alpha value is -0.900. The van der Waals surface area contributed by atoms with Crippen molar-refractivity contribution in [3.05, 3.63) is 23.3 Å². The molecule has 0 aromatic carbocycles. The molecular weight excluding hydrogens is 208 g/mol. The van der Waals surface area contributed by atoms with Crippen molar-refractivity contribution in [1.29, 1.82) is 0 Å². The van der Waals surface area contributed by atoms with Crippen LogP contribution in [0.5, 0.6) is 0 Å². The lowest BCUT2D eigenvalue weighted by Gasteiger charge is -1.96. The predicted molar refractivity (Wildman–Crippen MR) is 65.3 cm³/mol. The first kappa shape index (κ1) is 14.1. The van der Waals surface area contributed by atoms with Crippen LogP contribution in [-0.2, 0) is 4.79 Å². The third-order valence-corrected chi connectivity index (χ3v) is 2.40. The van der Waals surface area contributed by atoms with E-state index in [4.69, 9.17) is 0 Å². The van der Waals surface area contributed by atoms with Crippen LogP contribution in [0.3, 0.4) is 0 Å². The van der Waals surface area contributed by atoms with Gasteiger partial charge in [-0.15, -0.1) is 0 Å². The van der Waals surface area contributed by atoms with E-state index in [1.54, 1.807) is 18.0 Å². The molecule has 0 atom stereocenters. The van der Waals surface area contributed by atoms with E-state index in [0.29, 0.717) is 6.42 Å². The van der Waals surface area contributed by atoms with E-state index >= 15 is 0 Å². The van der Waals surface area contributed by atoms with Gasteiger partial charge in [0.15, 0.2) is 0 Å². The number of aryl methyl sites for hydroxylation is 3. The second-order valence-electron chi connectivity index (χ2n) is 3.13. The Bertz CT molecular complexity index is 303. The minimum Gasteiger partial charge on any atom is -0.303 e. The number of carbonyl (C=O) groups is 1. The van der Waals surface area contributed by atoms with Crippen LogP contribution < -0.4 is 0 Å². The van der Waals surface area contributed by atoms with Crippen molar-refractivity contribution in [2.24, 2.45) is 0 Å². The maximum atomic E-state index is 9.55. The standard InChI is InChI=1S/C7H10N2.C4H8OS/c1-5-4-8-6(2)7(3)9-5;1-6-4-2-3-5/h4H,1-3H3;3H,2,4H2,1H3. The highest BCUT2D eigenvalue weighted by atomic mass is 32.2. The third-order valence-electron chi connectivity index (χ3n) is 1.75. The van der Waals surface area contributed by atoms with Crippen molar-refractivity contribution in [2.45, 2.75) is 27.2 Å². The molecule has 1 aromatic heterocycles. The number of carbonyl (C=O) groups excluding carboxylic acids is 1. The summed E-state index contributed by atoms with van der Waals surface area (Å²) in [5.74, 6) is 0.962. The first-order chi connectivity index (χ1) is 7.11. The van der Waals surface area contributed by atoms with Gasteiger partial charge in [0.1, 0.15) is 6.29 Å². The molecule has 0 saturated carbocycles. The zero-order chi connectivity index (χ0) is 11.7. The van der Waals surface area contributed by atoms with E-state index in [2.05, 4.69) is 9.97 Å². The van der Waals surface area contributed by atoms with Gasteiger partial charge in [0.25, 0.3) is 0 Å². The van der Waals surface area contributed by atoms with Crippen LogP contribution in [-0.4, -0.2) is 28.3 Å². The molecule has 0 bridgehead atoms. The van der Waals surface area contributed by atoms with Crippen LogP contribution in [0, 0.1) is 20.8 Å². The molecule has 0 aliphatic rings. The molecule has 0 saturated heterocycles. The highest BCUT2D eigenvalue weighted by Gasteiger charge is 1.92. The van der Waals surface area contributed by atoms with Gasteiger partial charge in [-0.2, -0.15) is 11.8 Å². The molecule has 15 heavy (non-hydrogen) atoms. The van der Waals surface area contributed by atoms with Crippen LogP contribution in [0.15, 0.2) is 6.20 Å². The zero-order valence-electron chi connectivity index (χ0n) is 9.78. The van der Waals surface area contributed by atoms with Crippen LogP contribution >= 0.6 is 11.8 Å². The molecule has 0 fully saturated rings. The molecule has 0 unspecified atom stereocenters. The number of aromatic nitrogens is 2. The molecule has 3 nitrogen and oxygen atoms in total. The normalized spacial score (nSPS) is 9.07. The topological polar surface area (TPSA) is 42.9 Å². The number of hydrogen-bond acceptors (Lipinski definition) is 4. The number of rotatable bonds is 3. The Kier molecular flexibility index (Phi) is 7.91. The van der Waals surface area contributed by atoms with Gasteiger partial charge in [-0.05, 0) is 32.8 Å². The van der Waals surface area contributed by atoms with Crippen molar-refractivity contribution in [1.82, 2.24) is 9.97 Å². The fourth-order valence-electron chi connectivity index (χ4n) is 0.824. The Morgan fingerprint density at radius 3 is 2.33 bits per heavy atom. The molecule has 84 valence electrons. The van der Waals surface area contributed by atoms with E-state index in [1.165, 1.54) is 0 Å². The predicted octanol–water partition coefficient (Wildman–Crippen LogP) is 2.34. The Morgan fingerprint density at radius 2 is 2.00 bits per heavy atom. The summed E-state index contributed by atoms with van der Waals surface area (Å²) >= 11 is 1.69. The van der Waals surface area contributed by atoms with Crippen LogP contribution in [0.1, 0.15) is 23.5 Å². The van der Waals surface area contributed by atoms with Crippen LogP contribution in [0.25, 0.3) is 0 Å². The van der Waals surface area contributed by atoms with Crippen molar-refractivity contribution < 1.29 is 4.79 Å². The zero-order valence-corrected chi connectivity index (χ0v) is 10.6. The number of thioether (sulfide) groups is 1. The molecule has 0 radical (unpaired) electrons. The number of nitrogens with zero attached hydrogens (tertiary/aromatic N) is 2. The molecule has 0 amide bonds. The van der Waals surface area contributed by atoms with E-state index in [0.717, 1.165) is 29.1 Å². The first-order valence-electron chi connectivity index (χ1n) is 4.81. The van der Waals surface area contributed by atoms with Crippen molar-refractivity contribution in [3.8, 4) is 0 Å². The van der Waals surface area contributed by atoms with E-state index in [9.17, 15) is 4.79 Å². The smallest absolute Gasteiger partial charge is 0.120 e. The number of aldehydes is 1. The largest absolute Gasteiger partial charge is 0.303 e. The second kappa shape index (κ2) is 8.41. The highest BCUT2D eigenvalue weighted by Crippen LogP contribution is 1.98. The fraction of sp³-hybridized carbons (Fsp3) is 0.545. The molecule has 0 spiro atoms. The maximum Gasteiger partial charge on any atom is 0.120 e.